The fraction of sp³-hybridized carbons (Fsp3) is 0.571. The van der Waals surface area contributed by atoms with Gasteiger partial charge >= 0.3 is 6.18 Å². The second-order valence-corrected chi connectivity index (χ2v) is 5.48. The predicted octanol–water partition coefficient (Wildman–Crippen LogP) is 4.70. The van der Waals surface area contributed by atoms with Gasteiger partial charge in [0.15, 0.2) is 0 Å². The zero-order valence-corrected chi connectivity index (χ0v) is 12.6. The summed E-state index contributed by atoms with van der Waals surface area (Å²) in [5.74, 6) is 0. The van der Waals surface area contributed by atoms with Gasteiger partial charge in [-0.25, -0.2) is 0 Å². The normalized spacial score (nSPS) is 12.1. The monoisotopic (exact) mass is 337 g/mol. The molecule has 0 heterocycles. The summed E-state index contributed by atoms with van der Waals surface area (Å²) in [6.07, 6.45) is -0.806. The molecular formula is C14H19BrF3N. The van der Waals surface area contributed by atoms with Crippen LogP contribution >= 0.6 is 15.9 Å². The van der Waals surface area contributed by atoms with Gasteiger partial charge < -0.3 is 4.90 Å². The van der Waals surface area contributed by atoms with Gasteiger partial charge in [-0.05, 0) is 44.1 Å². The summed E-state index contributed by atoms with van der Waals surface area (Å²) < 4.78 is 37.2. The van der Waals surface area contributed by atoms with Gasteiger partial charge in [0.2, 0.25) is 0 Å². The molecule has 1 aromatic rings. The highest BCUT2D eigenvalue weighted by molar-refractivity contribution is 9.09. The summed E-state index contributed by atoms with van der Waals surface area (Å²) in [4.78, 5) is 2.14. The SMILES string of the molecule is CN(CCCCCBr)Cc1ccc(C(F)(F)F)cc1. The fourth-order valence-corrected chi connectivity index (χ4v) is 2.24. The van der Waals surface area contributed by atoms with Crippen molar-refractivity contribution in [2.45, 2.75) is 32.0 Å². The summed E-state index contributed by atoms with van der Waals surface area (Å²) in [5.41, 5.74) is 0.326. The van der Waals surface area contributed by atoms with Crippen LogP contribution in [0.4, 0.5) is 13.2 Å². The highest BCUT2D eigenvalue weighted by Crippen LogP contribution is 2.29. The first kappa shape index (κ1) is 16.5. The van der Waals surface area contributed by atoms with Crippen molar-refractivity contribution < 1.29 is 13.2 Å². The van der Waals surface area contributed by atoms with Gasteiger partial charge in [0.1, 0.15) is 0 Å². The molecule has 0 fully saturated rings. The van der Waals surface area contributed by atoms with Crippen molar-refractivity contribution >= 4 is 15.9 Å². The van der Waals surface area contributed by atoms with Crippen LogP contribution in [-0.2, 0) is 12.7 Å². The largest absolute Gasteiger partial charge is 0.416 e. The molecule has 0 bridgehead atoms. The third kappa shape index (κ3) is 6.43. The Morgan fingerprint density at radius 1 is 1.05 bits per heavy atom. The molecule has 0 amide bonds. The number of hydrogen-bond donors (Lipinski definition) is 0. The number of benzene rings is 1. The highest BCUT2D eigenvalue weighted by atomic mass is 79.9. The lowest BCUT2D eigenvalue weighted by Gasteiger charge is -2.17. The summed E-state index contributed by atoms with van der Waals surface area (Å²) in [6.45, 7) is 1.65. The molecule has 0 aromatic heterocycles. The van der Waals surface area contributed by atoms with E-state index in [-0.39, 0.29) is 0 Å². The summed E-state index contributed by atoms with van der Waals surface area (Å²) in [6, 6.07) is 5.40. The predicted molar refractivity (Wildman–Crippen MR) is 75.4 cm³/mol. The summed E-state index contributed by atoms with van der Waals surface area (Å²) in [5, 5.41) is 1.02. The number of halogens is 4. The summed E-state index contributed by atoms with van der Waals surface area (Å²) >= 11 is 3.39. The maximum absolute atomic E-state index is 12.4. The van der Waals surface area contributed by atoms with Gasteiger partial charge in [-0.1, -0.05) is 34.5 Å². The number of hydrogen-bond acceptors (Lipinski definition) is 1. The third-order valence-corrected chi connectivity index (χ3v) is 3.47. The van der Waals surface area contributed by atoms with Crippen LogP contribution < -0.4 is 0 Å². The smallest absolute Gasteiger partial charge is 0.302 e. The molecule has 0 aliphatic carbocycles. The second-order valence-electron chi connectivity index (χ2n) is 4.68. The van der Waals surface area contributed by atoms with E-state index in [4.69, 9.17) is 0 Å². The van der Waals surface area contributed by atoms with Crippen LogP contribution in [0.3, 0.4) is 0 Å². The number of rotatable bonds is 7. The topological polar surface area (TPSA) is 3.24 Å². The van der Waals surface area contributed by atoms with Crippen molar-refractivity contribution in [1.82, 2.24) is 4.90 Å². The van der Waals surface area contributed by atoms with Gasteiger partial charge in [-0.3, -0.25) is 0 Å². The maximum atomic E-state index is 12.4. The van der Waals surface area contributed by atoms with Crippen molar-refractivity contribution in [3.05, 3.63) is 35.4 Å². The van der Waals surface area contributed by atoms with Gasteiger partial charge in [0.05, 0.1) is 5.56 Å². The molecular weight excluding hydrogens is 319 g/mol. The van der Waals surface area contributed by atoms with Crippen LogP contribution in [-0.4, -0.2) is 23.8 Å². The Bertz CT molecular complexity index is 362. The Balaban J connectivity index is 2.40. The molecule has 1 nitrogen and oxygen atoms in total. The van der Waals surface area contributed by atoms with Crippen LogP contribution in [0.15, 0.2) is 24.3 Å². The molecule has 0 spiro atoms. The first-order chi connectivity index (χ1) is 8.93. The van der Waals surface area contributed by atoms with Crippen LogP contribution in [0, 0.1) is 0 Å². The molecule has 0 saturated heterocycles. The standard InChI is InChI=1S/C14H19BrF3N/c1-19(10-4-2-3-9-15)11-12-5-7-13(8-6-12)14(16,17)18/h5-8H,2-4,9-11H2,1H3. The molecule has 0 aliphatic heterocycles. The lowest BCUT2D eigenvalue weighted by Crippen LogP contribution is -2.19. The molecule has 0 unspecified atom stereocenters. The second kappa shape index (κ2) is 7.90. The fourth-order valence-electron chi connectivity index (χ4n) is 1.84. The highest BCUT2D eigenvalue weighted by Gasteiger charge is 2.29. The van der Waals surface area contributed by atoms with Crippen LogP contribution in [0.25, 0.3) is 0 Å². The van der Waals surface area contributed by atoms with Gasteiger partial charge in [0.25, 0.3) is 0 Å². The van der Waals surface area contributed by atoms with E-state index < -0.39 is 11.7 Å². The minimum Gasteiger partial charge on any atom is -0.302 e. The van der Waals surface area contributed by atoms with E-state index in [0.717, 1.165) is 42.4 Å². The Hall–Kier alpha value is -0.550. The van der Waals surface area contributed by atoms with E-state index in [0.29, 0.717) is 6.54 Å². The van der Waals surface area contributed by atoms with Crippen LogP contribution in [0.1, 0.15) is 30.4 Å². The van der Waals surface area contributed by atoms with E-state index in [1.165, 1.54) is 6.42 Å². The Kier molecular flexibility index (Phi) is 6.86. The molecule has 0 aliphatic rings. The minimum absolute atomic E-state index is 0.587. The third-order valence-electron chi connectivity index (χ3n) is 2.91. The van der Waals surface area contributed by atoms with Crippen molar-refractivity contribution in [3.8, 4) is 0 Å². The Morgan fingerprint density at radius 3 is 2.21 bits per heavy atom. The molecule has 1 rings (SSSR count). The van der Waals surface area contributed by atoms with Gasteiger partial charge in [-0.2, -0.15) is 13.2 Å². The molecule has 5 heteroatoms. The van der Waals surface area contributed by atoms with Crippen molar-refractivity contribution in [1.29, 1.82) is 0 Å². The number of nitrogens with zero attached hydrogens (tertiary/aromatic N) is 1. The maximum Gasteiger partial charge on any atom is 0.416 e. The van der Waals surface area contributed by atoms with Gasteiger partial charge in [0, 0.05) is 11.9 Å². The average Bonchev–Trinajstić information content (AvgIpc) is 2.34. The first-order valence-corrected chi connectivity index (χ1v) is 7.46. The van der Waals surface area contributed by atoms with Crippen molar-refractivity contribution in [2.24, 2.45) is 0 Å². The van der Waals surface area contributed by atoms with Crippen LogP contribution in [0.2, 0.25) is 0 Å². The van der Waals surface area contributed by atoms with E-state index >= 15 is 0 Å². The van der Waals surface area contributed by atoms with E-state index in [9.17, 15) is 13.2 Å². The average molecular weight is 338 g/mol. The zero-order chi connectivity index (χ0) is 14.3. The Morgan fingerprint density at radius 2 is 1.68 bits per heavy atom. The number of unbranched alkanes of at least 4 members (excludes halogenated alkanes) is 2. The molecule has 0 radical (unpaired) electrons. The van der Waals surface area contributed by atoms with Crippen LogP contribution in [0.5, 0.6) is 0 Å². The molecule has 19 heavy (non-hydrogen) atoms. The lowest BCUT2D eigenvalue weighted by atomic mass is 10.1. The van der Waals surface area contributed by atoms with E-state index in [1.54, 1.807) is 12.1 Å². The first-order valence-electron chi connectivity index (χ1n) is 6.34. The molecule has 1 aromatic carbocycles. The van der Waals surface area contributed by atoms with E-state index in [1.807, 2.05) is 7.05 Å². The minimum atomic E-state index is -4.25. The summed E-state index contributed by atoms with van der Waals surface area (Å²) in [7, 11) is 1.99. The Labute approximate surface area is 120 Å². The van der Waals surface area contributed by atoms with Gasteiger partial charge in [-0.15, -0.1) is 0 Å². The lowest BCUT2D eigenvalue weighted by molar-refractivity contribution is -0.137. The molecule has 0 N–H and O–H groups in total. The quantitative estimate of drug-likeness (QED) is 0.514. The van der Waals surface area contributed by atoms with Crippen molar-refractivity contribution in [3.63, 3.8) is 0 Å². The van der Waals surface area contributed by atoms with Crippen molar-refractivity contribution in [2.75, 3.05) is 18.9 Å². The molecule has 108 valence electrons. The molecule has 0 atom stereocenters. The van der Waals surface area contributed by atoms with E-state index in [2.05, 4.69) is 20.8 Å². The molecule has 0 saturated carbocycles. The number of alkyl halides is 4. The zero-order valence-electron chi connectivity index (χ0n) is 11.0.